The average molecular weight is 361 g/mol. The van der Waals surface area contributed by atoms with E-state index < -0.39 is 0 Å². The quantitative estimate of drug-likeness (QED) is 0.808. The first kappa shape index (κ1) is 14.9. The number of nitrogens with zero attached hydrogens (tertiary/aromatic N) is 1. The van der Waals surface area contributed by atoms with Gasteiger partial charge in [0.2, 0.25) is 0 Å². The second-order valence-electron chi connectivity index (χ2n) is 5.45. The molecule has 0 saturated heterocycles. The molecular formula is C17H17BrN2O2. The van der Waals surface area contributed by atoms with Gasteiger partial charge in [0.15, 0.2) is 0 Å². The number of halogens is 1. The molecule has 22 heavy (non-hydrogen) atoms. The second-order valence-corrected chi connectivity index (χ2v) is 6.37. The van der Waals surface area contributed by atoms with Gasteiger partial charge in [0.05, 0.1) is 12.2 Å². The molecular weight excluding hydrogens is 344 g/mol. The third-order valence-electron chi connectivity index (χ3n) is 3.49. The Kier molecular flexibility index (Phi) is 4.07. The van der Waals surface area contributed by atoms with Crippen molar-refractivity contribution < 1.29 is 9.53 Å². The number of hydrogen-bond acceptors (Lipinski definition) is 2. The molecule has 0 aromatic heterocycles. The lowest BCUT2D eigenvalue weighted by Gasteiger charge is -2.33. The van der Waals surface area contributed by atoms with Gasteiger partial charge in [-0.25, -0.2) is 4.79 Å². The van der Waals surface area contributed by atoms with E-state index >= 15 is 0 Å². The minimum Gasteiger partial charge on any atom is -0.487 e. The third kappa shape index (κ3) is 3.09. The SMILES string of the molecule is Cc1ccc2c(c1)N(C(=O)Nc1cccc(Br)c1)C[C@H](C)O2. The van der Waals surface area contributed by atoms with E-state index in [9.17, 15) is 4.79 Å². The summed E-state index contributed by atoms with van der Waals surface area (Å²) in [6.45, 7) is 4.49. The van der Waals surface area contributed by atoms with Gasteiger partial charge in [-0.3, -0.25) is 4.90 Å². The van der Waals surface area contributed by atoms with Crippen molar-refractivity contribution in [3.05, 3.63) is 52.5 Å². The summed E-state index contributed by atoms with van der Waals surface area (Å²) in [5.41, 5.74) is 2.66. The van der Waals surface area contributed by atoms with Gasteiger partial charge in [-0.1, -0.05) is 28.1 Å². The predicted octanol–water partition coefficient (Wildman–Crippen LogP) is 4.58. The van der Waals surface area contributed by atoms with E-state index in [0.29, 0.717) is 6.54 Å². The second kappa shape index (κ2) is 6.01. The Morgan fingerprint density at radius 2 is 2.14 bits per heavy atom. The van der Waals surface area contributed by atoms with Crippen molar-refractivity contribution >= 4 is 33.3 Å². The smallest absolute Gasteiger partial charge is 0.326 e. The molecule has 5 heteroatoms. The first-order valence-corrected chi connectivity index (χ1v) is 7.93. The maximum Gasteiger partial charge on any atom is 0.326 e. The highest BCUT2D eigenvalue weighted by molar-refractivity contribution is 9.10. The fourth-order valence-electron chi connectivity index (χ4n) is 2.50. The maximum absolute atomic E-state index is 12.6. The fourth-order valence-corrected chi connectivity index (χ4v) is 2.90. The van der Waals surface area contributed by atoms with Gasteiger partial charge in [0.1, 0.15) is 11.9 Å². The highest BCUT2D eigenvalue weighted by Crippen LogP contribution is 2.34. The molecule has 0 fully saturated rings. The van der Waals surface area contributed by atoms with Crippen LogP contribution in [0.2, 0.25) is 0 Å². The molecule has 2 aromatic carbocycles. The van der Waals surface area contributed by atoms with Crippen molar-refractivity contribution in [2.75, 3.05) is 16.8 Å². The van der Waals surface area contributed by atoms with Crippen LogP contribution in [-0.4, -0.2) is 18.7 Å². The Morgan fingerprint density at radius 3 is 2.91 bits per heavy atom. The lowest BCUT2D eigenvalue weighted by atomic mass is 10.1. The van der Waals surface area contributed by atoms with Crippen LogP contribution in [0.3, 0.4) is 0 Å². The van der Waals surface area contributed by atoms with E-state index in [1.54, 1.807) is 4.90 Å². The minimum absolute atomic E-state index is 0.0385. The molecule has 2 amide bonds. The number of ether oxygens (including phenoxy) is 1. The van der Waals surface area contributed by atoms with Gasteiger partial charge in [0.25, 0.3) is 0 Å². The molecule has 3 rings (SSSR count). The minimum atomic E-state index is -0.153. The van der Waals surface area contributed by atoms with Crippen molar-refractivity contribution in [2.24, 2.45) is 0 Å². The summed E-state index contributed by atoms with van der Waals surface area (Å²) >= 11 is 3.41. The standard InChI is InChI=1S/C17H17BrN2O2/c1-11-6-7-16-15(8-11)20(10-12(2)22-16)17(21)19-14-5-3-4-13(18)9-14/h3-9,12H,10H2,1-2H3,(H,19,21)/t12-/m0/s1. The fraction of sp³-hybridized carbons (Fsp3) is 0.235. The van der Waals surface area contributed by atoms with Crippen molar-refractivity contribution in [3.8, 4) is 5.75 Å². The van der Waals surface area contributed by atoms with Gasteiger partial charge in [0, 0.05) is 10.2 Å². The molecule has 0 radical (unpaired) electrons. The van der Waals surface area contributed by atoms with Crippen LogP contribution in [0.5, 0.6) is 5.75 Å². The Labute approximate surface area is 138 Å². The third-order valence-corrected chi connectivity index (χ3v) is 3.99. The lowest BCUT2D eigenvalue weighted by Crippen LogP contribution is -2.44. The molecule has 1 atom stereocenters. The highest BCUT2D eigenvalue weighted by atomic mass is 79.9. The van der Waals surface area contributed by atoms with E-state index in [-0.39, 0.29) is 12.1 Å². The maximum atomic E-state index is 12.6. The number of aryl methyl sites for hydroxylation is 1. The number of rotatable bonds is 1. The number of amides is 2. The highest BCUT2D eigenvalue weighted by Gasteiger charge is 2.27. The number of fused-ring (bicyclic) bond motifs is 1. The molecule has 0 bridgehead atoms. The Bertz CT molecular complexity index is 718. The molecule has 1 aliphatic heterocycles. The molecule has 0 unspecified atom stereocenters. The molecule has 1 aliphatic rings. The number of carbonyl (C=O) groups is 1. The lowest BCUT2D eigenvalue weighted by molar-refractivity contribution is 0.208. The molecule has 0 spiro atoms. The molecule has 0 aliphatic carbocycles. The Hall–Kier alpha value is -2.01. The van der Waals surface area contributed by atoms with Gasteiger partial charge in [-0.15, -0.1) is 0 Å². The topological polar surface area (TPSA) is 41.6 Å². The number of nitrogens with one attached hydrogen (secondary N) is 1. The van der Waals surface area contributed by atoms with Gasteiger partial charge >= 0.3 is 6.03 Å². The summed E-state index contributed by atoms with van der Waals surface area (Å²) < 4.78 is 6.74. The Morgan fingerprint density at radius 1 is 1.32 bits per heavy atom. The van der Waals surface area contributed by atoms with Crippen LogP contribution in [0.25, 0.3) is 0 Å². The Balaban J connectivity index is 1.88. The van der Waals surface area contributed by atoms with E-state index in [1.807, 2.05) is 56.3 Å². The average Bonchev–Trinajstić information content (AvgIpc) is 2.47. The summed E-state index contributed by atoms with van der Waals surface area (Å²) in [7, 11) is 0. The van der Waals surface area contributed by atoms with Crippen LogP contribution in [0.4, 0.5) is 16.2 Å². The zero-order valence-corrected chi connectivity index (χ0v) is 14.1. The number of benzene rings is 2. The van der Waals surface area contributed by atoms with Gasteiger partial charge in [-0.05, 0) is 49.7 Å². The van der Waals surface area contributed by atoms with Crippen molar-refractivity contribution in [1.29, 1.82) is 0 Å². The molecule has 2 aromatic rings. The normalized spacial score (nSPS) is 16.7. The molecule has 1 N–H and O–H groups in total. The largest absolute Gasteiger partial charge is 0.487 e. The predicted molar refractivity (Wildman–Crippen MR) is 91.8 cm³/mol. The number of urea groups is 1. The van der Waals surface area contributed by atoms with Crippen LogP contribution in [0.1, 0.15) is 12.5 Å². The summed E-state index contributed by atoms with van der Waals surface area (Å²) in [6.07, 6.45) is -0.0385. The van der Waals surface area contributed by atoms with E-state index in [0.717, 1.165) is 27.2 Å². The number of anilines is 2. The monoisotopic (exact) mass is 360 g/mol. The van der Waals surface area contributed by atoms with Gasteiger partial charge in [-0.2, -0.15) is 0 Å². The molecule has 0 saturated carbocycles. The van der Waals surface area contributed by atoms with E-state index in [1.165, 1.54) is 0 Å². The zero-order valence-electron chi connectivity index (χ0n) is 12.5. The number of hydrogen-bond donors (Lipinski definition) is 1. The van der Waals surface area contributed by atoms with Crippen LogP contribution >= 0.6 is 15.9 Å². The van der Waals surface area contributed by atoms with Crippen LogP contribution in [0.15, 0.2) is 46.9 Å². The molecule has 114 valence electrons. The first-order valence-electron chi connectivity index (χ1n) is 7.14. The molecule has 4 nitrogen and oxygen atoms in total. The summed E-state index contributed by atoms with van der Waals surface area (Å²) in [6, 6.07) is 13.3. The van der Waals surface area contributed by atoms with Crippen LogP contribution in [0, 0.1) is 6.92 Å². The van der Waals surface area contributed by atoms with Crippen molar-refractivity contribution in [3.63, 3.8) is 0 Å². The van der Waals surface area contributed by atoms with Crippen LogP contribution < -0.4 is 15.0 Å². The summed E-state index contributed by atoms with van der Waals surface area (Å²) in [5.74, 6) is 0.744. The van der Waals surface area contributed by atoms with Crippen molar-refractivity contribution in [1.82, 2.24) is 0 Å². The van der Waals surface area contributed by atoms with E-state index in [4.69, 9.17) is 4.74 Å². The number of carbonyl (C=O) groups excluding carboxylic acids is 1. The van der Waals surface area contributed by atoms with E-state index in [2.05, 4.69) is 21.2 Å². The van der Waals surface area contributed by atoms with Crippen LogP contribution in [-0.2, 0) is 0 Å². The summed E-state index contributed by atoms with van der Waals surface area (Å²) in [5, 5.41) is 2.93. The van der Waals surface area contributed by atoms with Gasteiger partial charge < -0.3 is 10.1 Å². The summed E-state index contributed by atoms with van der Waals surface area (Å²) in [4.78, 5) is 14.4. The first-order chi connectivity index (χ1) is 10.5. The molecule has 1 heterocycles. The zero-order chi connectivity index (χ0) is 15.7. The van der Waals surface area contributed by atoms with Crippen molar-refractivity contribution in [2.45, 2.75) is 20.0 Å².